The highest BCUT2D eigenvalue weighted by Gasteiger charge is 2.18. The van der Waals surface area contributed by atoms with E-state index in [1.807, 2.05) is 0 Å². The maximum absolute atomic E-state index is 12.1. The minimum absolute atomic E-state index is 0.0402. The van der Waals surface area contributed by atoms with Crippen molar-refractivity contribution in [2.75, 3.05) is 26.3 Å². The molecule has 1 aromatic carbocycles. The van der Waals surface area contributed by atoms with Crippen LogP contribution in [0.25, 0.3) is 0 Å². The van der Waals surface area contributed by atoms with Crippen molar-refractivity contribution in [3.8, 4) is 5.75 Å². The Morgan fingerprint density at radius 1 is 1.29 bits per heavy atom. The predicted octanol–water partition coefficient (Wildman–Crippen LogP) is 1.68. The fourth-order valence-corrected chi connectivity index (χ4v) is 1.72. The second-order valence-electron chi connectivity index (χ2n) is 3.71. The van der Waals surface area contributed by atoms with E-state index in [2.05, 4.69) is 6.58 Å². The zero-order valence-corrected chi connectivity index (χ0v) is 9.59. The number of hydrogen-bond donors (Lipinski definition) is 0. The molecule has 1 amide bonds. The molecule has 2 rings (SSSR count). The van der Waals surface area contributed by atoms with E-state index in [1.165, 1.54) is 6.26 Å². The van der Waals surface area contributed by atoms with E-state index in [4.69, 9.17) is 9.47 Å². The Morgan fingerprint density at radius 2 is 1.94 bits per heavy atom. The molecule has 0 atom stereocenters. The maximum Gasteiger partial charge on any atom is 0.254 e. The third kappa shape index (κ3) is 2.85. The third-order valence-corrected chi connectivity index (χ3v) is 2.62. The van der Waals surface area contributed by atoms with Crippen molar-refractivity contribution in [1.82, 2.24) is 4.90 Å². The van der Waals surface area contributed by atoms with Gasteiger partial charge in [0.25, 0.3) is 5.91 Å². The lowest BCUT2D eigenvalue weighted by molar-refractivity contribution is 0.0303. The molecule has 0 saturated carbocycles. The molecule has 0 N–H and O–H groups in total. The van der Waals surface area contributed by atoms with Gasteiger partial charge in [-0.1, -0.05) is 6.58 Å². The summed E-state index contributed by atoms with van der Waals surface area (Å²) in [6.07, 6.45) is 1.36. The van der Waals surface area contributed by atoms with Crippen molar-refractivity contribution in [2.45, 2.75) is 0 Å². The number of hydrogen-bond acceptors (Lipinski definition) is 3. The lowest BCUT2D eigenvalue weighted by atomic mass is 10.2. The normalized spacial score (nSPS) is 15.4. The Balaban J connectivity index is 2.05. The molecule has 1 aliphatic rings. The van der Waals surface area contributed by atoms with Crippen molar-refractivity contribution >= 4 is 5.91 Å². The van der Waals surface area contributed by atoms with Crippen molar-refractivity contribution in [3.63, 3.8) is 0 Å². The molecule has 90 valence electrons. The summed E-state index contributed by atoms with van der Waals surface area (Å²) in [7, 11) is 0. The fraction of sp³-hybridized carbons (Fsp3) is 0.308. The molecular formula is C13H15NO3. The highest BCUT2D eigenvalue weighted by atomic mass is 16.5. The maximum atomic E-state index is 12.1. The zero-order chi connectivity index (χ0) is 12.1. The van der Waals surface area contributed by atoms with Crippen molar-refractivity contribution in [2.24, 2.45) is 0 Å². The second-order valence-corrected chi connectivity index (χ2v) is 3.71. The number of nitrogens with zero attached hydrogens (tertiary/aromatic N) is 1. The Labute approximate surface area is 100 Å². The van der Waals surface area contributed by atoms with E-state index in [9.17, 15) is 4.79 Å². The van der Waals surface area contributed by atoms with Gasteiger partial charge in [0.05, 0.1) is 19.5 Å². The van der Waals surface area contributed by atoms with Gasteiger partial charge in [0.15, 0.2) is 0 Å². The summed E-state index contributed by atoms with van der Waals surface area (Å²) in [5.74, 6) is 0.719. The summed E-state index contributed by atoms with van der Waals surface area (Å²) in [6.45, 7) is 6.02. The van der Waals surface area contributed by atoms with Gasteiger partial charge in [0.2, 0.25) is 0 Å². The van der Waals surface area contributed by atoms with Gasteiger partial charge in [-0.2, -0.15) is 0 Å². The Hall–Kier alpha value is -1.81. The van der Waals surface area contributed by atoms with Crippen molar-refractivity contribution in [1.29, 1.82) is 0 Å². The molecule has 0 bridgehead atoms. The molecule has 1 heterocycles. The van der Waals surface area contributed by atoms with Crippen LogP contribution in [-0.4, -0.2) is 37.1 Å². The van der Waals surface area contributed by atoms with Gasteiger partial charge >= 0.3 is 0 Å². The quantitative estimate of drug-likeness (QED) is 0.746. The summed E-state index contributed by atoms with van der Waals surface area (Å²) < 4.78 is 10.3. The molecule has 0 aromatic heterocycles. The number of carbonyl (C=O) groups is 1. The summed E-state index contributed by atoms with van der Waals surface area (Å²) in [6, 6.07) is 7.04. The lowest BCUT2D eigenvalue weighted by Crippen LogP contribution is -2.40. The van der Waals surface area contributed by atoms with Crippen LogP contribution in [0.2, 0.25) is 0 Å². The van der Waals surface area contributed by atoms with Crippen LogP contribution >= 0.6 is 0 Å². The van der Waals surface area contributed by atoms with Crippen LogP contribution < -0.4 is 4.74 Å². The highest BCUT2D eigenvalue weighted by Crippen LogP contribution is 2.14. The fourth-order valence-electron chi connectivity index (χ4n) is 1.72. The van der Waals surface area contributed by atoms with Gasteiger partial charge in [-0.25, -0.2) is 0 Å². The highest BCUT2D eigenvalue weighted by molar-refractivity contribution is 5.94. The largest absolute Gasteiger partial charge is 0.466 e. The summed E-state index contributed by atoms with van der Waals surface area (Å²) in [5, 5.41) is 0. The molecule has 0 radical (unpaired) electrons. The molecule has 4 nitrogen and oxygen atoms in total. The van der Waals surface area contributed by atoms with Gasteiger partial charge in [-0.05, 0) is 24.3 Å². The molecule has 0 spiro atoms. The average molecular weight is 233 g/mol. The number of amides is 1. The van der Waals surface area contributed by atoms with Gasteiger partial charge in [-0.15, -0.1) is 0 Å². The number of morpholine rings is 1. The Morgan fingerprint density at radius 3 is 2.53 bits per heavy atom. The van der Waals surface area contributed by atoms with Crippen LogP contribution in [0.1, 0.15) is 10.4 Å². The molecule has 4 heteroatoms. The van der Waals surface area contributed by atoms with Crippen molar-refractivity contribution < 1.29 is 14.3 Å². The molecule has 0 aliphatic carbocycles. The molecule has 0 unspecified atom stereocenters. The predicted molar refractivity (Wildman–Crippen MR) is 64.0 cm³/mol. The molecule has 1 saturated heterocycles. The monoisotopic (exact) mass is 233 g/mol. The number of ether oxygens (including phenoxy) is 2. The molecule has 1 fully saturated rings. The average Bonchev–Trinajstić information content (AvgIpc) is 2.40. The molecule has 1 aromatic rings. The topological polar surface area (TPSA) is 38.8 Å². The summed E-state index contributed by atoms with van der Waals surface area (Å²) >= 11 is 0. The van der Waals surface area contributed by atoms with E-state index in [0.717, 1.165) is 0 Å². The second kappa shape index (κ2) is 5.50. The first-order valence-corrected chi connectivity index (χ1v) is 5.56. The van der Waals surface area contributed by atoms with Crippen LogP contribution in [-0.2, 0) is 4.74 Å². The number of benzene rings is 1. The molecule has 17 heavy (non-hydrogen) atoms. The Bertz CT molecular complexity index is 394. The summed E-state index contributed by atoms with van der Waals surface area (Å²) in [4.78, 5) is 13.9. The minimum atomic E-state index is 0.0402. The van der Waals surface area contributed by atoms with Gasteiger partial charge in [0, 0.05) is 18.7 Å². The van der Waals surface area contributed by atoms with Crippen molar-refractivity contribution in [3.05, 3.63) is 42.7 Å². The van der Waals surface area contributed by atoms with Gasteiger partial charge in [0.1, 0.15) is 5.75 Å². The molecule has 1 aliphatic heterocycles. The van der Waals surface area contributed by atoms with Crippen LogP contribution in [0.4, 0.5) is 0 Å². The Kier molecular flexibility index (Phi) is 3.77. The lowest BCUT2D eigenvalue weighted by Gasteiger charge is -2.26. The van der Waals surface area contributed by atoms with Crippen LogP contribution in [0.5, 0.6) is 5.75 Å². The van der Waals surface area contributed by atoms with Crippen LogP contribution in [0.3, 0.4) is 0 Å². The first kappa shape index (κ1) is 11.7. The van der Waals surface area contributed by atoms with E-state index in [1.54, 1.807) is 29.2 Å². The van der Waals surface area contributed by atoms with E-state index in [-0.39, 0.29) is 5.91 Å². The standard InChI is InChI=1S/C13H15NO3/c1-2-17-12-5-3-11(4-6-12)13(15)14-7-9-16-10-8-14/h2-6H,1,7-10H2. The van der Waals surface area contributed by atoms with Gasteiger partial charge < -0.3 is 14.4 Å². The van der Waals surface area contributed by atoms with Crippen LogP contribution in [0.15, 0.2) is 37.1 Å². The SMILES string of the molecule is C=COc1ccc(C(=O)N2CCOCC2)cc1. The van der Waals surface area contributed by atoms with E-state index >= 15 is 0 Å². The third-order valence-electron chi connectivity index (χ3n) is 2.62. The first-order chi connectivity index (χ1) is 8.31. The zero-order valence-electron chi connectivity index (χ0n) is 9.59. The first-order valence-electron chi connectivity index (χ1n) is 5.56. The van der Waals surface area contributed by atoms with E-state index in [0.29, 0.717) is 37.6 Å². The minimum Gasteiger partial charge on any atom is -0.466 e. The molecular weight excluding hydrogens is 218 g/mol. The number of rotatable bonds is 3. The smallest absolute Gasteiger partial charge is 0.254 e. The van der Waals surface area contributed by atoms with Crippen LogP contribution in [0, 0.1) is 0 Å². The van der Waals surface area contributed by atoms with E-state index < -0.39 is 0 Å². The summed E-state index contributed by atoms with van der Waals surface area (Å²) in [5.41, 5.74) is 0.670. The van der Waals surface area contributed by atoms with Gasteiger partial charge in [-0.3, -0.25) is 4.79 Å². The number of carbonyl (C=O) groups excluding carboxylic acids is 1.